The van der Waals surface area contributed by atoms with Crippen molar-refractivity contribution in [1.29, 1.82) is 0 Å². The SMILES string of the molecule is Cc1cc(C(=O)NCc2ccc(NC(=O)NC(C)C)cc2)cc(C)c1OCc1cccnc1. The van der Waals surface area contributed by atoms with Crippen molar-refractivity contribution in [3.63, 3.8) is 0 Å². The molecule has 0 spiro atoms. The van der Waals surface area contributed by atoms with Crippen LogP contribution in [0.5, 0.6) is 5.75 Å². The second-order valence-electron chi connectivity index (χ2n) is 8.22. The van der Waals surface area contributed by atoms with Crippen molar-refractivity contribution in [2.75, 3.05) is 5.32 Å². The van der Waals surface area contributed by atoms with Crippen LogP contribution in [0, 0.1) is 13.8 Å². The maximum absolute atomic E-state index is 12.7. The number of aromatic nitrogens is 1. The Bertz CT molecular complexity index is 1070. The first-order valence-electron chi connectivity index (χ1n) is 10.9. The third kappa shape index (κ3) is 7.07. The lowest BCUT2D eigenvalue weighted by Gasteiger charge is -2.14. The molecule has 0 aliphatic heterocycles. The summed E-state index contributed by atoms with van der Waals surface area (Å²) < 4.78 is 5.97. The standard InChI is InChI=1S/C26H30N4O3/c1-17(2)29-26(32)30-23-9-7-20(8-10-23)15-28-25(31)22-12-18(3)24(19(4)13-22)33-16-21-6-5-11-27-14-21/h5-14,17H,15-16H2,1-4H3,(H,28,31)(H2,29,30,32). The number of nitrogens with zero attached hydrogens (tertiary/aromatic N) is 1. The number of carbonyl (C=O) groups excluding carboxylic acids is 2. The summed E-state index contributed by atoms with van der Waals surface area (Å²) in [5, 5.41) is 8.50. The van der Waals surface area contributed by atoms with Gasteiger partial charge in [0.1, 0.15) is 12.4 Å². The molecule has 0 unspecified atom stereocenters. The van der Waals surface area contributed by atoms with Crippen LogP contribution < -0.4 is 20.7 Å². The number of carbonyl (C=O) groups is 2. The fraction of sp³-hybridized carbons (Fsp3) is 0.269. The molecule has 1 heterocycles. The summed E-state index contributed by atoms with van der Waals surface area (Å²) in [6.07, 6.45) is 3.50. The van der Waals surface area contributed by atoms with Gasteiger partial charge in [0.15, 0.2) is 0 Å². The zero-order valence-electron chi connectivity index (χ0n) is 19.4. The zero-order chi connectivity index (χ0) is 23.8. The molecule has 0 saturated heterocycles. The molecule has 0 aliphatic rings. The Balaban J connectivity index is 1.56. The maximum Gasteiger partial charge on any atom is 0.319 e. The highest BCUT2D eigenvalue weighted by Crippen LogP contribution is 2.26. The second kappa shape index (κ2) is 11.1. The van der Waals surface area contributed by atoms with Gasteiger partial charge in [-0.3, -0.25) is 9.78 Å². The highest BCUT2D eigenvalue weighted by molar-refractivity contribution is 5.95. The van der Waals surface area contributed by atoms with Crippen molar-refractivity contribution in [2.24, 2.45) is 0 Å². The summed E-state index contributed by atoms with van der Waals surface area (Å²) in [6, 6.07) is 14.7. The van der Waals surface area contributed by atoms with Crippen LogP contribution in [0.1, 0.15) is 46.5 Å². The van der Waals surface area contributed by atoms with E-state index < -0.39 is 0 Å². The van der Waals surface area contributed by atoms with Gasteiger partial charge in [0.25, 0.3) is 5.91 Å². The number of rotatable bonds is 8. The first kappa shape index (κ1) is 23.8. The summed E-state index contributed by atoms with van der Waals surface area (Å²) in [7, 11) is 0. The van der Waals surface area contributed by atoms with Gasteiger partial charge in [-0.05, 0) is 74.7 Å². The van der Waals surface area contributed by atoms with Crippen molar-refractivity contribution < 1.29 is 14.3 Å². The van der Waals surface area contributed by atoms with Crippen LogP contribution in [0.3, 0.4) is 0 Å². The van der Waals surface area contributed by atoms with Crippen LogP contribution in [0.25, 0.3) is 0 Å². The van der Waals surface area contributed by atoms with Gasteiger partial charge in [-0.1, -0.05) is 18.2 Å². The molecule has 0 saturated carbocycles. The smallest absolute Gasteiger partial charge is 0.319 e. The molecule has 0 atom stereocenters. The lowest BCUT2D eigenvalue weighted by Crippen LogP contribution is -2.34. The van der Waals surface area contributed by atoms with E-state index >= 15 is 0 Å². The fourth-order valence-corrected chi connectivity index (χ4v) is 3.37. The number of ether oxygens (including phenoxy) is 1. The fourth-order valence-electron chi connectivity index (χ4n) is 3.37. The van der Waals surface area contributed by atoms with Crippen LogP contribution >= 0.6 is 0 Å². The number of aryl methyl sites for hydroxylation is 2. The van der Waals surface area contributed by atoms with E-state index in [0.717, 1.165) is 28.0 Å². The summed E-state index contributed by atoms with van der Waals surface area (Å²) in [5.41, 5.74) is 5.00. The number of hydrogen-bond donors (Lipinski definition) is 3. The Morgan fingerprint density at radius 2 is 1.70 bits per heavy atom. The van der Waals surface area contributed by atoms with Gasteiger partial charge in [-0.15, -0.1) is 0 Å². The maximum atomic E-state index is 12.7. The molecule has 3 N–H and O–H groups in total. The molecule has 0 bridgehead atoms. The van der Waals surface area contributed by atoms with Gasteiger partial charge >= 0.3 is 6.03 Å². The van der Waals surface area contributed by atoms with E-state index in [0.29, 0.717) is 24.4 Å². The molecule has 3 rings (SSSR count). The predicted octanol–water partition coefficient (Wildman–Crippen LogP) is 4.74. The quantitative estimate of drug-likeness (QED) is 0.466. The minimum Gasteiger partial charge on any atom is -0.488 e. The minimum absolute atomic E-state index is 0.0635. The number of benzene rings is 2. The Morgan fingerprint density at radius 3 is 2.30 bits per heavy atom. The third-order valence-corrected chi connectivity index (χ3v) is 4.91. The molecule has 7 heteroatoms. The molecular formula is C26H30N4O3. The molecule has 3 amide bonds. The lowest BCUT2D eigenvalue weighted by atomic mass is 10.0. The number of hydrogen-bond acceptors (Lipinski definition) is 4. The minimum atomic E-state index is -0.246. The third-order valence-electron chi connectivity index (χ3n) is 4.91. The van der Waals surface area contributed by atoms with Crippen molar-refractivity contribution in [1.82, 2.24) is 15.6 Å². The van der Waals surface area contributed by atoms with Crippen LogP contribution in [0.4, 0.5) is 10.5 Å². The van der Waals surface area contributed by atoms with E-state index in [1.54, 1.807) is 12.4 Å². The van der Waals surface area contributed by atoms with Crippen LogP contribution in [-0.2, 0) is 13.2 Å². The molecule has 3 aromatic rings. The molecular weight excluding hydrogens is 416 g/mol. The first-order valence-corrected chi connectivity index (χ1v) is 10.9. The van der Waals surface area contributed by atoms with Gasteiger partial charge in [0.05, 0.1) is 0 Å². The lowest BCUT2D eigenvalue weighted by molar-refractivity contribution is 0.0950. The number of amides is 3. The largest absolute Gasteiger partial charge is 0.488 e. The summed E-state index contributed by atoms with van der Waals surface area (Å²) >= 11 is 0. The molecule has 172 valence electrons. The zero-order valence-corrected chi connectivity index (χ0v) is 19.4. The Morgan fingerprint density at radius 1 is 1.00 bits per heavy atom. The Kier molecular flexibility index (Phi) is 8.02. The Labute approximate surface area is 194 Å². The molecule has 0 aliphatic carbocycles. The summed E-state index contributed by atoms with van der Waals surface area (Å²) in [5.74, 6) is 0.624. The van der Waals surface area contributed by atoms with Crippen LogP contribution in [0.2, 0.25) is 0 Å². The summed E-state index contributed by atoms with van der Waals surface area (Å²) in [4.78, 5) is 28.6. The second-order valence-corrected chi connectivity index (χ2v) is 8.22. The van der Waals surface area contributed by atoms with Gasteiger partial charge in [-0.25, -0.2) is 4.79 Å². The van der Waals surface area contributed by atoms with Gasteiger partial charge in [-0.2, -0.15) is 0 Å². The molecule has 0 radical (unpaired) electrons. The van der Waals surface area contributed by atoms with Crippen molar-refractivity contribution in [3.8, 4) is 5.75 Å². The average Bonchev–Trinajstić information content (AvgIpc) is 2.78. The van der Waals surface area contributed by atoms with Crippen LogP contribution in [-0.4, -0.2) is 23.0 Å². The van der Waals surface area contributed by atoms with Crippen molar-refractivity contribution >= 4 is 17.6 Å². The van der Waals surface area contributed by atoms with Gasteiger partial charge in [0.2, 0.25) is 0 Å². The molecule has 0 fully saturated rings. The highest BCUT2D eigenvalue weighted by Gasteiger charge is 2.12. The van der Waals surface area contributed by atoms with Crippen molar-refractivity contribution in [3.05, 3.63) is 88.7 Å². The van der Waals surface area contributed by atoms with E-state index in [4.69, 9.17) is 4.74 Å². The molecule has 7 nitrogen and oxygen atoms in total. The first-order chi connectivity index (χ1) is 15.8. The monoisotopic (exact) mass is 446 g/mol. The predicted molar refractivity (Wildman–Crippen MR) is 129 cm³/mol. The van der Waals surface area contributed by atoms with Gasteiger partial charge < -0.3 is 20.7 Å². The van der Waals surface area contributed by atoms with E-state index in [-0.39, 0.29) is 18.0 Å². The number of anilines is 1. The normalized spacial score (nSPS) is 10.6. The van der Waals surface area contributed by atoms with E-state index in [1.165, 1.54) is 0 Å². The summed E-state index contributed by atoms with van der Waals surface area (Å²) in [6.45, 7) is 8.47. The van der Waals surface area contributed by atoms with Crippen LogP contribution in [0.15, 0.2) is 60.9 Å². The number of nitrogens with one attached hydrogen (secondary N) is 3. The van der Waals surface area contributed by atoms with E-state index in [9.17, 15) is 9.59 Å². The molecule has 33 heavy (non-hydrogen) atoms. The van der Waals surface area contributed by atoms with E-state index in [2.05, 4.69) is 20.9 Å². The molecule has 2 aromatic carbocycles. The topological polar surface area (TPSA) is 92.4 Å². The number of urea groups is 1. The van der Waals surface area contributed by atoms with Gasteiger partial charge in [0, 0.05) is 41.8 Å². The average molecular weight is 447 g/mol. The van der Waals surface area contributed by atoms with E-state index in [1.807, 2.05) is 76.2 Å². The number of pyridine rings is 1. The Hall–Kier alpha value is -3.87. The molecule has 1 aromatic heterocycles. The highest BCUT2D eigenvalue weighted by atomic mass is 16.5. The van der Waals surface area contributed by atoms with Crippen molar-refractivity contribution in [2.45, 2.75) is 46.9 Å².